The molecule has 0 aliphatic heterocycles. The van der Waals surface area contributed by atoms with E-state index in [2.05, 4.69) is 0 Å². The Kier molecular flexibility index (Phi) is 3.00. The molecule has 0 radical (unpaired) electrons. The van der Waals surface area contributed by atoms with Crippen LogP contribution in [0.15, 0.2) is 27.8 Å². The molecule has 8 heteroatoms. The molecule has 2 aromatic rings. The van der Waals surface area contributed by atoms with Crippen LogP contribution in [0.1, 0.15) is 0 Å². The zero-order valence-electron chi connectivity index (χ0n) is 8.51. The number of halogens is 4. The summed E-state index contributed by atoms with van der Waals surface area (Å²) < 4.78 is 39.5. The first-order chi connectivity index (χ1) is 8.41. The van der Waals surface area contributed by atoms with Crippen LogP contribution in [0, 0.1) is 17.5 Å². The molecule has 4 nitrogen and oxygen atoms in total. The first-order valence-corrected chi connectivity index (χ1v) is 4.95. The second-order valence-corrected chi connectivity index (χ2v) is 3.67. The number of nitrogens with one attached hydrogen (secondary N) is 1. The van der Waals surface area contributed by atoms with Gasteiger partial charge in [0.25, 0.3) is 5.56 Å². The summed E-state index contributed by atoms with van der Waals surface area (Å²) >= 11 is 5.25. The zero-order chi connectivity index (χ0) is 13.4. The summed E-state index contributed by atoms with van der Waals surface area (Å²) in [6.07, 6.45) is 0. The molecule has 0 amide bonds. The summed E-state index contributed by atoms with van der Waals surface area (Å²) in [4.78, 5) is 24.7. The van der Waals surface area contributed by atoms with Crippen LogP contribution in [-0.2, 0) is 0 Å². The summed E-state index contributed by atoms with van der Waals surface area (Å²) in [7, 11) is 0. The minimum atomic E-state index is -1.43. The van der Waals surface area contributed by atoms with Crippen molar-refractivity contribution in [1.29, 1.82) is 0 Å². The molecule has 0 atom stereocenters. The highest BCUT2D eigenvalue weighted by atomic mass is 35.5. The van der Waals surface area contributed by atoms with E-state index in [-0.39, 0.29) is 4.57 Å². The van der Waals surface area contributed by atoms with Crippen LogP contribution in [-0.4, -0.2) is 9.55 Å². The van der Waals surface area contributed by atoms with E-state index in [0.29, 0.717) is 6.07 Å². The van der Waals surface area contributed by atoms with Crippen molar-refractivity contribution in [2.45, 2.75) is 0 Å². The number of aromatic nitrogens is 2. The maximum Gasteiger partial charge on any atom is 0.334 e. The Bertz CT molecular complexity index is 739. The van der Waals surface area contributed by atoms with Gasteiger partial charge in [0.2, 0.25) is 5.82 Å². The summed E-state index contributed by atoms with van der Waals surface area (Å²) in [5.41, 5.74) is -3.12. The first-order valence-electron chi connectivity index (χ1n) is 4.57. The average Bonchev–Trinajstić information content (AvgIpc) is 2.29. The van der Waals surface area contributed by atoms with E-state index in [1.807, 2.05) is 4.98 Å². The Morgan fingerprint density at radius 3 is 2.44 bits per heavy atom. The highest BCUT2D eigenvalue weighted by Gasteiger charge is 2.16. The lowest BCUT2D eigenvalue weighted by Gasteiger charge is -2.06. The van der Waals surface area contributed by atoms with E-state index in [9.17, 15) is 22.8 Å². The molecular formula is C10H4ClF3N2O2. The van der Waals surface area contributed by atoms with Crippen molar-refractivity contribution in [2.75, 3.05) is 0 Å². The number of benzene rings is 1. The third-order valence-electron chi connectivity index (χ3n) is 2.15. The van der Waals surface area contributed by atoms with Crippen LogP contribution in [0.5, 0.6) is 0 Å². The average molecular weight is 277 g/mol. The molecule has 0 aliphatic rings. The molecule has 0 spiro atoms. The monoisotopic (exact) mass is 276 g/mol. The van der Waals surface area contributed by atoms with Crippen LogP contribution < -0.4 is 11.2 Å². The highest BCUT2D eigenvalue weighted by molar-refractivity contribution is 6.29. The van der Waals surface area contributed by atoms with Gasteiger partial charge in [-0.05, 0) is 12.1 Å². The SMILES string of the molecule is O=c1[nH]c(Cl)c(F)c(=O)n1-c1ccc(F)cc1F. The van der Waals surface area contributed by atoms with E-state index >= 15 is 0 Å². The van der Waals surface area contributed by atoms with Gasteiger partial charge in [-0.2, -0.15) is 4.39 Å². The molecule has 1 aromatic heterocycles. The summed E-state index contributed by atoms with van der Waals surface area (Å²) in [6.45, 7) is 0. The van der Waals surface area contributed by atoms with Crippen LogP contribution in [0.3, 0.4) is 0 Å². The highest BCUT2D eigenvalue weighted by Crippen LogP contribution is 2.12. The Balaban J connectivity index is 2.84. The van der Waals surface area contributed by atoms with Gasteiger partial charge in [-0.25, -0.2) is 18.1 Å². The number of aromatic amines is 1. The second kappa shape index (κ2) is 4.34. The molecule has 1 heterocycles. The number of hydrogen-bond donors (Lipinski definition) is 1. The fourth-order valence-corrected chi connectivity index (χ4v) is 1.53. The topological polar surface area (TPSA) is 54.9 Å². The van der Waals surface area contributed by atoms with Crippen molar-refractivity contribution in [3.63, 3.8) is 0 Å². The molecule has 0 unspecified atom stereocenters. The fraction of sp³-hybridized carbons (Fsp3) is 0. The predicted octanol–water partition coefficient (Wildman–Crippen LogP) is 1.60. The molecule has 2 rings (SSSR count). The van der Waals surface area contributed by atoms with Gasteiger partial charge >= 0.3 is 5.69 Å². The summed E-state index contributed by atoms with van der Waals surface area (Å²) in [6, 6.07) is 2.14. The fourth-order valence-electron chi connectivity index (χ4n) is 1.37. The minimum Gasteiger partial charge on any atom is -0.295 e. The van der Waals surface area contributed by atoms with Crippen molar-refractivity contribution < 1.29 is 13.2 Å². The van der Waals surface area contributed by atoms with Crippen molar-refractivity contribution in [1.82, 2.24) is 9.55 Å². The maximum atomic E-state index is 13.4. The summed E-state index contributed by atoms with van der Waals surface area (Å²) in [5.74, 6) is -3.50. The maximum absolute atomic E-state index is 13.4. The second-order valence-electron chi connectivity index (χ2n) is 3.29. The quantitative estimate of drug-likeness (QED) is 0.804. The van der Waals surface area contributed by atoms with E-state index in [1.54, 1.807) is 0 Å². The summed E-state index contributed by atoms with van der Waals surface area (Å²) in [5, 5.41) is -0.774. The lowest BCUT2D eigenvalue weighted by atomic mass is 10.3. The van der Waals surface area contributed by atoms with Crippen LogP contribution in [0.4, 0.5) is 13.2 Å². The smallest absolute Gasteiger partial charge is 0.295 e. The van der Waals surface area contributed by atoms with Gasteiger partial charge in [-0.1, -0.05) is 11.6 Å². The normalized spacial score (nSPS) is 10.7. The molecular weight excluding hydrogens is 273 g/mol. The Labute approximate surface area is 102 Å². The molecule has 0 bridgehead atoms. The van der Waals surface area contributed by atoms with Gasteiger partial charge in [-0.15, -0.1) is 0 Å². The van der Waals surface area contributed by atoms with E-state index in [1.165, 1.54) is 0 Å². The largest absolute Gasteiger partial charge is 0.334 e. The number of nitrogens with zero attached hydrogens (tertiary/aromatic N) is 1. The van der Waals surface area contributed by atoms with E-state index in [4.69, 9.17) is 11.6 Å². The molecule has 1 aromatic carbocycles. The van der Waals surface area contributed by atoms with Gasteiger partial charge in [0.05, 0.1) is 5.69 Å². The Morgan fingerprint density at radius 2 is 1.83 bits per heavy atom. The number of rotatable bonds is 1. The minimum absolute atomic E-state index is 0.190. The van der Waals surface area contributed by atoms with E-state index in [0.717, 1.165) is 12.1 Å². The molecule has 0 saturated carbocycles. The molecule has 0 saturated heterocycles. The molecule has 1 N–H and O–H groups in total. The molecule has 0 aliphatic carbocycles. The molecule has 18 heavy (non-hydrogen) atoms. The van der Waals surface area contributed by atoms with Crippen LogP contribution in [0.25, 0.3) is 5.69 Å². The van der Waals surface area contributed by atoms with Gasteiger partial charge < -0.3 is 0 Å². The van der Waals surface area contributed by atoms with Gasteiger partial charge in [-0.3, -0.25) is 9.78 Å². The third-order valence-corrected chi connectivity index (χ3v) is 2.41. The van der Waals surface area contributed by atoms with Crippen molar-refractivity contribution >= 4 is 11.6 Å². The van der Waals surface area contributed by atoms with E-state index < -0.39 is 39.5 Å². The molecule has 0 fully saturated rings. The van der Waals surface area contributed by atoms with Crippen LogP contribution >= 0.6 is 11.6 Å². The lowest BCUT2D eigenvalue weighted by Crippen LogP contribution is -2.36. The standard InChI is InChI=1S/C10H4ClF3N2O2/c11-8-7(14)9(17)16(10(18)15-8)6-2-1-4(12)3-5(6)13/h1-3H,(H,15,18). The zero-order valence-corrected chi connectivity index (χ0v) is 9.26. The third kappa shape index (κ3) is 1.92. The van der Waals surface area contributed by atoms with Gasteiger partial charge in [0.1, 0.15) is 11.6 Å². The van der Waals surface area contributed by atoms with Crippen molar-refractivity contribution in [2.24, 2.45) is 0 Å². The van der Waals surface area contributed by atoms with Gasteiger partial charge in [0.15, 0.2) is 5.15 Å². The predicted molar refractivity (Wildman–Crippen MR) is 57.5 cm³/mol. The number of hydrogen-bond acceptors (Lipinski definition) is 2. The van der Waals surface area contributed by atoms with Crippen molar-refractivity contribution in [3.8, 4) is 5.69 Å². The van der Waals surface area contributed by atoms with Gasteiger partial charge in [0, 0.05) is 6.07 Å². The lowest BCUT2D eigenvalue weighted by molar-refractivity contribution is 0.560. The first kappa shape index (κ1) is 12.4. The van der Waals surface area contributed by atoms with Crippen LogP contribution in [0.2, 0.25) is 5.15 Å². The Hall–Kier alpha value is -2.02. The molecule has 94 valence electrons. The van der Waals surface area contributed by atoms with Crippen molar-refractivity contribution in [3.05, 3.63) is 61.6 Å². The number of H-pyrrole nitrogens is 1. The Morgan fingerprint density at radius 1 is 1.17 bits per heavy atom.